The van der Waals surface area contributed by atoms with Gasteiger partial charge in [-0.1, -0.05) is 58.1 Å². The molecule has 0 amide bonds. The van der Waals surface area contributed by atoms with E-state index in [1.807, 2.05) is 38.1 Å². The van der Waals surface area contributed by atoms with Crippen molar-refractivity contribution in [3.8, 4) is 17.1 Å². The predicted molar refractivity (Wildman–Crippen MR) is 163 cm³/mol. The highest BCUT2D eigenvalue weighted by Gasteiger charge is 2.19. The Kier molecular flexibility index (Phi) is 9.63. The molecule has 0 spiro atoms. The maximum absolute atomic E-state index is 6.30. The number of anilines is 1. The summed E-state index contributed by atoms with van der Waals surface area (Å²) in [6.45, 7) is 11.9. The zero-order valence-electron chi connectivity index (χ0n) is 23.6. The molecule has 4 aromatic rings. The molecular formula is C32H41N7. The average Bonchev–Trinajstić information content (AvgIpc) is 3.33. The van der Waals surface area contributed by atoms with E-state index >= 15 is 0 Å². The summed E-state index contributed by atoms with van der Waals surface area (Å²) in [5.41, 5.74) is 18.9. The number of nitrogens with zero attached hydrogens (tertiary/aromatic N) is 5. The first-order valence-corrected chi connectivity index (χ1v) is 14.0. The van der Waals surface area contributed by atoms with Crippen LogP contribution in [-0.4, -0.2) is 44.1 Å². The molecule has 5 rings (SSSR count). The Labute approximate surface area is 232 Å². The Morgan fingerprint density at radius 3 is 2.46 bits per heavy atom. The summed E-state index contributed by atoms with van der Waals surface area (Å²) in [6.07, 6.45) is 10.4. The molecule has 4 N–H and O–H groups in total. The van der Waals surface area contributed by atoms with Gasteiger partial charge in [0, 0.05) is 38.1 Å². The van der Waals surface area contributed by atoms with Crippen LogP contribution in [-0.2, 0) is 6.54 Å². The SMILES string of the molecule is CC.CC(C)CN(CCN)Cc1ccc(-n2c(-c3cccnc3N)nc3ccc(C4=CCCC=C4)nc32)cc1. The van der Waals surface area contributed by atoms with Crippen molar-refractivity contribution in [2.24, 2.45) is 11.7 Å². The van der Waals surface area contributed by atoms with Crippen LogP contribution >= 0.6 is 0 Å². The minimum atomic E-state index is 0.444. The van der Waals surface area contributed by atoms with E-state index in [4.69, 9.17) is 21.4 Å². The van der Waals surface area contributed by atoms with Crippen LogP contribution in [0.5, 0.6) is 0 Å². The van der Waals surface area contributed by atoms with Gasteiger partial charge in [0.05, 0.1) is 11.3 Å². The molecule has 3 heterocycles. The van der Waals surface area contributed by atoms with Crippen LogP contribution in [0.2, 0.25) is 0 Å². The van der Waals surface area contributed by atoms with Crippen LogP contribution < -0.4 is 11.5 Å². The summed E-state index contributed by atoms with van der Waals surface area (Å²) in [7, 11) is 0. The maximum Gasteiger partial charge on any atom is 0.165 e. The molecule has 39 heavy (non-hydrogen) atoms. The van der Waals surface area contributed by atoms with Gasteiger partial charge in [-0.2, -0.15) is 0 Å². The normalized spacial score (nSPS) is 13.1. The Hall–Kier alpha value is -3.81. The van der Waals surface area contributed by atoms with Gasteiger partial charge in [-0.3, -0.25) is 9.47 Å². The maximum atomic E-state index is 6.30. The second-order valence-corrected chi connectivity index (χ2v) is 9.97. The van der Waals surface area contributed by atoms with Crippen LogP contribution in [0.15, 0.2) is 73.0 Å². The lowest BCUT2D eigenvalue weighted by atomic mass is 10.0. The first-order chi connectivity index (χ1) is 19.0. The number of rotatable bonds is 9. The Bertz CT molecular complexity index is 1430. The van der Waals surface area contributed by atoms with E-state index in [1.54, 1.807) is 6.20 Å². The van der Waals surface area contributed by atoms with Crippen molar-refractivity contribution < 1.29 is 0 Å². The van der Waals surface area contributed by atoms with Crippen LogP contribution in [0.1, 0.15) is 51.8 Å². The van der Waals surface area contributed by atoms with Crippen molar-refractivity contribution in [3.63, 3.8) is 0 Å². The highest BCUT2D eigenvalue weighted by atomic mass is 15.1. The molecule has 0 bridgehead atoms. The third-order valence-electron chi connectivity index (χ3n) is 6.54. The monoisotopic (exact) mass is 523 g/mol. The number of allylic oxidation sites excluding steroid dienone is 4. The minimum Gasteiger partial charge on any atom is -0.383 e. The van der Waals surface area contributed by atoms with Gasteiger partial charge in [-0.05, 0) is 66.3 Å². The average molecular weight is 524 g/mol. The van der Waals surface area contributed by atoms with Gasteiger partial charge in [-0.15, -0.1) is 0 Å². The van der Waals surface area contributed by atoms with Gasteiger partial charge in [0.2, 0.25) is 0 Å². The highest BCUT2D eigenvalue weighted by Crippen LogP contribution is 2.31. The molecule has 3 aromatic heterocycles. The summed E-state index contributed by atoms with van der Waals surface area (Å²) in [6, 6.07) is 16.6. The van der Waals surface area contributed by atoms with Gasteiger partial charge >= 0.3 is 0 Å². The molecule has 0 unspecified atom stereocenters. The summed E-state index contributed by atoms with van der Waals surface area (Å²) in [5, 5.41) is 0. The molecular weight excluding hydrogens is 482 g/mol. The topological polar surface area (TPSA) is 98.9 Å². The van der Waals surface area contributed by atoms with E-state index in [0.29, 0.717) is 18.3 Å². The summed E-state index contributed by atoms with van der Waals surface area (Å²) < 4.78 is 2.09. The number of benzene rings is 1. The molecule has 1 aliphatic rings. The summed E-state index contributed by atoms with van der Waals surface area (Å²) in [5.74, 6) is 1.76. The third-order valence-corrected chi connectivity index (χ3v) is 6.54. The molecule has 0 fully saturated rings. The molecule has 0 saturated carbocycles. The second-order valence-electron chi connectivity index (χ2n) is 9.97. The number of imidazole rings is 1. The van der Waals surface area contributed by atoms with Gasteiger partial charge < -0.3 is 11.5 Å². The Morgan fingerprint density at radius 2 is 1.79 bits per heavy atom. The van der Waals surface area contributed by atoms with E-state index in [9.17, 15) is 0 Å². The number of nitrogens with two attached hydrogens (primary N) is 2. The number of pyridine rings is 2. The third kappa shape index (κ3) is 6.61. The standard InChI is InChI=1S/C30H35N7.C2H6/c1-21(2)19-36(18-16-31)20-22-10-12-24(13-11-22)37-29(25-9-6-17-33-28(25)32)35-27-15-14-26(34-30(27)37)23-7-4-3-5-8-23;1-2/h4,6-15,17,21H,3,5,16,18-20,31H2,1-2H3,(H2,32,33);1-2H3. The molecule has 0 radical (unpaired) electrons. The van der Waals surface area contributed by atoms with Gasteiger partial charge in [-0.25, -0.2) is 15.0 Å². The summed E-state index contributed by atoms with van der Waals surface area (Å²) in [4.78, 5) is 16.8. The lowest BCUT2D eigenvalue weighted by molar-refractivity contribution is 0.242. The van der Waals surface area contributed by atoms with E-state index in [2.05, 4.69) is 70.8 Å². The van der Waals surface area contributed by atoms with E-state index in [-0.39, 0.29) is 0 Å². The lowest BCUT2D eigenvalue weighted by Crippen LogP contribution is -2.32. The zero-order valence-corrected chi connectivity index (χ0v) is 23.6. The van der Waals surface area contributed by atoms with Crippen molar-refractivity contribution in [2.75, 3.05) is 25.4 Å². The van der Waals surface area contributed by atoms with Crippen LogP contribution in [0.25, 0.3) is 33.8 Å². The smallest absolute Gasteiger partial charge is 0.165 e. The molecule has 204 valence electrons. The fourth-order valence-electron chi connectivity index (χ4n) is 4.90. The van der Waals surface area contributed by atoms with Gasteiger partial charge in [0.25, 0.3) is 0 Å². The second kappa shape index (κ2) is 13.3. The van der Waals surface area contributed by atoms with Crippen molar-refractivity contribution in [1.82, 2.24) is 24.4 Å². The molecule has 0 aliphatic heterocycles. The van der Waals surface area contributed by atoms with Crippen LogP contribution in [0.3, 0.4) is 0 Å². The minimum absolute atomic E-state index is 0.444. The fourth-order valence-corrected chi connectivity index (χ4v) is 4.90. The lowest BCUT2D eigenvalue weighted by Gasteiger charge is -2.23. The van der Waals surface area contributed by atoms with E-state index < -0.39 is 0 Å². The first kappa shape index (κ1) is 28.2. The largest absolute Gasteiger partial charge is 0.383 e. The van der Waals surface area contributed by atoms with Gasteiger partial charge in [0.1, 0.15) is 11.3 Å². The first-order valence-electron chi connectivity index (χ1n) is 14.0. The van der Waals surface area contributed by atoms with Gasteiger partial charge in [0.15, 0.2) is 11.5 Å². The zero-order chi connectivity index (χ0) is 27.8. The quantitative estimate of drug-likeness (QED) is 0.269. The number of hydrogen-bond acceptors (Lipinski definition) is 6. The van der Waals surface area contributed by atoms with Crippen molar-refractivity contribution >= 4 is 22.6 Å². The number of hydrogen-bond donors (Lipinski definition) is 2. The highest BCUT2D eigenvalue weighted by molar-refractivity contribution is 5.85. The van der Waals surface area contributed by atoms with Crippen LogP contribution in [0.4, 0.5) is 5.82 Å². The van der Waals surface area contributed by atoms with Crippen molar-refractivity contribution in [1.29, 1.82) is 0 Å². The Balaban J connectivity index is 0.00000172. The van der Waals surface area contributed by atoms with E-state index in [1.165, 1.54) is 5.56 Å². The number of nitrogen functional groups attached to an aromatic ring is 1. The van der Waals surface area contributed by atoms with Crippen LogP contribution in [0, 0.1) is 5.92 Å². The predicted octanol–water partition coefficient (Wildman–Crippen LogP) is 6.24. The molecule has 0 atom stereocenters. The molecule has 7 nitrogen and oxygen atoms in total. The molecule has 7 heteroatoms. The number of aromatic nitrogens is 4. The molecule has 1 aliphatic carbocycles. The fraction of sp³-hybridized carbons (Fsp3) is 0.344. The van der Waals surface area contributed by atoms with Crippen molar-refractivity contribution in [3.05, 3.63) is 84.2 Å². The molecule has 1 aromatic carbocycles. The van der Waals surface area contributed by atoms with Crippen molar-refractivity contribution in [2.45, 2.75) is 47.1 Å². The van der Waals surface area contributed by atoms with E-state index in [0.717, 1.165) is 72.0 Å². The summed E-state index contributed by atoms with van der Waals surface area (Å²) >= 11 is 0. The molecule has 0 saturated heterocycles. The number of fused-ring (bicyclic) bond motifs is 1. The Morgan fingerprint density at radius 1 is 1.00 bits per heavy atom.